The zero-order chi connectivity index (χ0) is 7.84. The van der Waals surface area contributed by atoms with Crippen LogP contribution in [-0.2, 0) is 0 Å². The van der Waals surface area contributed by atoms with Gasteiger partial charge in [-0.2, -0.15) is 5.10 Å². The number of H-pyrrole nitrogens is 2. The summed E-state index contributed by atoms with van der Waals surface area (Å²) in [4.78, 5) is 13.4. The van der Waals surface area contributed by atoms with E-state index in [1.165, 1.54) is 0 Å². The monoisotopic (exact) mass is 149 g/mol. The van der Waals surface area contributed by atoms with Crippen LogP contribution in [0.2, 0.25) is 0 Å². The summed E-state index contributed by atoms with van der Waals surface area (Å²) in [5.41, 5.74) is 2.32. The number of nitrogens with zero attached hydrogens (tertiary/aromatic N) is 1. The first-order chi connectivity index (χ1) is 5.33. The predicted octanol–water partition coefficient (Wildman–Crippen LogP) is 1.01. The number of aryl methyl sites for hydroxylation is 1. The van der Waals surface area contributed by atoms with Crippen molar-refractivity contribution in [2.24, 2.45) is 0 Å². The molecule has 2 aromatic rings. The summed E-state index contributed by atoms with van der Waals surface area (Å²) in [6.07, 6.45) is 2.48. The van der Waals surface area contributed by atoms with E-state index in [-0.39, 0.29) is 0 Å². The highest BCUT2D eigenvalue weighted by Gasteiger charge is 2.07. The van der Waals surface area contributed by atoms with Gasteiger partial charge >= 0.3 is 0 Å². The van der Waals surface area contributed by atoms with Crippen molar-refractivity contribution in [3.8, 4) is 0 Å². The summed E-state index contributed by atoms with van der Waals surface area (Å²) in [6, 6.07) is 0. The lowest BCUT2D eigenvalue weighted by atomic mass is 10.2. The number of fused-ring (bicyclic) bond motifs is 1. The molecule has 0 atom stereocenters. The van der Waals surface area contributed by atoms with Gasteiger partial charge < -0.3 is 4.98 Å². The topological polar surface area (TPSA) is 61.5 Å². The van der Waals surface area contributed by atoms with Gasteiger partial charge in [-0.3, -0.25) is 9.89 Å². The molecular weight excluding hydrogens is 142 g/mol. The van der Waals surface area contributed by atoms with Gasteiger partial charge in [-0.05, 0) is 6.92 Å². The summed E-state index contributed by atoms with van der Waals surface area (Å²) in [6.45, 7) is 1.89. The average molecular weight is 149 g/mol. The minimum absolute atomic E-state index is 0.659. The fraction of sp³-hybridized carbons (Fsp3) is 0.143. The molecule has 0 aliphatic rings. The molecule has 2 rings (SSSR count). The molecule has 0 saturated carbocycles. The van der Waals surface area contributed by atoms with Crippen LogP contribution in [0.25, 0.3) is 11.0 Å². The molecule has 4 heteroatoms. The Bertz CT molecular complexity index is 399. The van der Waals surface area contributed by atoms with E-state index in [0.29, 0.717) is 5.56 Å². The maximum Gasteiger partial charge on any atom is 0.160 e. The molecule has 0 aliphatic carbocycles. The van der Waals surface area contributed by atoms with Crippen LogP contribution in [-0.4, -0.2) is 21.5 Å². The SMILES string of the molecule is Cc1[nH]nc2[nH]cc(C=O)c12. The van der Waals surface area contributed by atoms with Gasteiger partial charge in [-0.15, -0.1) is 0 Å². The number of hydrogen-bond donors (Lipinski definition) is 2. The van der Waals surface area contributed by atoms with Crippen molar-refractivity contribution >= 4 is 17.3 Å². The van der Waals surface area contributed by atoms with Crippen molar-refractivity contribution in [2.75, 3.05) is 0 Å². The third kappa shape index (κ3) is 0.690. The van der Waals surface area contributed by atoms with Gasteiger partial charge in [0.15, 0.2) is 11.9 Å². The number of aromatic amines is 2. The highest BCUT2D eigenvalue weighted by atomic mass is 16.1. The quantitative estimate of drug-likeness (QED) is 0.594. The summed E-state index contributed by atoms with van der Waals surface area (Å²) in [7, 11) is 0. The van der Waals surface area contributed by atoms with E-state index < -0.39 is 0 Å². The van der Waals surface area contributed by atoms with Crippen LogP contribution in [0.1, 0.15) is 16.1 Å². The minimum atomic E-state index is 0.659. The van der Waals surface area contributed by atoms with Crippen LogP contribution in [0.15, 0.2) is 6.20 Å². The summed E-state index contributed by atoms with van der Waals surface area (Å²) in [5, 5.41) is 7.63. The van der Waals surface area contributed by atoms with Gasteiger partial charge in [-0.1, -0.05) is 0 Å². The fourth-order valence-corrected chi connectivity index (χ4v) is 1.20. The molecule has 0 aromatic carbocycles. The number of rotatable bonds is 1. The number of carbonyl (C=O) groups excluding carboxylic acids is 1. The number of hydrogen-bond acceptors (Lipinski definition) is 2. The molecule has 4 nitrogen and oxygen atoms in total. The van der Waals surface area contributed by atoms with Gasteiger partial charge in [-0.25, -0.2) is 0 Å². The van der Waals surface area contributed by atoms with Crippen LogP contribution in [0.3, 0.4) is 0 Å². The number of aldehydes is 1. The molecule has 56 valence electrons. The van der Waals surface area contributed by atoms with Crippen molar-refractivity contribution in [1.29, 1.82) is 0 Å². The maximum absolute atomic E-state index is 10.5. The molecule has 0 bridgehead atoms. The van der Waals surface area contributed by atoms with E-state index in [9.17, 15) is 4.79 Å². The maximum atomic E-state index is 10.5. The van der Waals surface area contributed by atoms with Crippen LogP contribution >= 0.6 is 0 Å². The Balaban J connectivity index is 2.90. The van der Waals surface area contributed by atoms with Crippen molar-refractivity contribution in [3.63, 3.8) is 0 Å². The van der Waals surface area contributed by atoms with Gasteiger partial charge in [0.25, 0.3) is 0 Å². The number of nitrogens with one attached hydrogen (secondary N) is 2. The van der Waals surface area contributed by atoms with Crippen molar-refractivity contribution < 1.29 is 4.79 Å². The Kier molecular flexibility index (Phi) is 1.09. The zero-order valence-electron chi connectivity index (χ0n) is 6.01. The zero-order valence-corrected chi connectivity index (χ0v) is 6.01. The van der Waals surface area contributed by atoms with E-state index >= 15 is 0 Å². The average Bonchev–Trinajstić information content (AvgIpc) is 2.54. The second-order valence-electron chi connectivity index (χ2n) is 2.43. The predicted molar refractivity (Wildman–Crippen MR) is 40.6 cm³/mol. The molecule has 0 fully saturated rings. The second kappa shape index (κ2) is 1.95. The molecule has 0 radical (unpaired) electrons. The van der Waals surface area contributed by atoms with Gasteiger partial charge in [0.05, 0.1) is 5.39 Å². The summed E-state index contributed by atoms with van der Waals surface area (Å²) in [5.74, 6) is 0. The Morgan fingerprint density at radius 2 is 2.45 bits per heavy atom. The Hall–Kier alpha value is -1.58. The van der Waals surface area contributed by atoms with E-state index in [0.717, 1.165) is 23.0 Å². The first kappa shape index (κ1) is 6.15. The highest BCUT2D eigenvalue weighted by molar-refractivity contribution is 5.97. The second-order valence-corrected chi connectivity index (χ2v) is 2.43. The largest absolute Gasteiger partial charge is 0.344 e. The van der Waals surface area contributed by atoms with Crippen LogP contribution in [0, 0.1) is 6.92 Å². The molecule has 11 heavy (non-hydrogen) atoms. The number of aromatic nitrogens is 3. The molecule has 2 heterocycles. The third-order valence-corrected chi connectivity index (χ3v) is 1.73. The van der Waals surface area contributed by atoms with Crippen molar-refractivity contribution in [1.82, 2.24) is 15.2 Å². The molecule has 0 unspecified atom stereocenters. The molecule has 2 aromatic heterocycles. The fourth-order valence-electron chi connectivity index (χ4n) is 1.20. The van der Waals surface area contributed by atoms with E-state index in [2.05, 4.69) is 15.2 Å². The normalized spacial score (nSPS) is 10.6. The Morgan fingerprint density at radius 3 is 3.18 bits per heavy atom. The van der Waals surface area contributed by atoms with Crippen LogP contribution in [0.4, 0.5) is 0 Å². The molecule has 0 saturated heterocycles. The highest BCUT2D eigenvalue weighted by Crippen LogP contribution is 2.16. The standard InChI is InChI=1S/C7H7N3O/c1-4-6-5(3-11)2-8-7(6)10-9-4/h2-3H,1H3,(H2,8,9,10). The van der Waals surface area contributed by atoms with Crippen LogP contribution in [0.5, 0.6) is 0 Å². The molecule has 2 N–H and O–H groups in total. The first-order valence-electron chi connectivity index (χ1n) is 3.30. The molecule has 0 aliphatic heterocycles. The minimum Gasteiger partial charge on any atom is -0.344 e. The van der Waals surface area contributed by atoms with E-state index in [4.69, 9.17) is 0 Å². The van der Waals surface area contributed by atoms with Crippen LogP contribution < -0.4 is 0 Å². The van der Waals surface area contributed by atoms with E-state index in [1.807, 2.05) is 6.92 Å². The number of carbonyl (C=O) groups is 1. The molecule has 0 spiro atoms. The Morgan fingerprint density at radius 1 is 1.64 bits per heavy atom. The molecular formula is C7H7N3O. The van der Waals surface area contributed by atoms with Gasteiger partial charge in [0.2, 0.25) is 0 Å². The summed E-state index contributed by atoms with van der Waals surface area (Å²) >= 11 is 0. The van der Waals surface area contributed by atoms with Crippen molar-refractivity contribution in [2.45, 2.75) is 6.92 Å². The van der Waals surface area contributed by atoms with Gasteiger partial charge in [0, 0.05) is 17.5 Å². The van der Waals surface area contributed by atoms with Gasteiger partial charge in [0.1, 0.15) is 0 Å². The lowest BCUT2D eigenvalue weighted by Crippen LogP contribution is -1.76. The third-order valence-electron chi connectivity index (χ3n) is 1.73. The van der Waals surface area contributed by atoms with Crippen molar-refractivity contribution in [3.05, 3.63) is 17.5 Å². The summed E-state index contributed by atoms with van der Waals surface area (Å²) < 4.78 is 0. The Labute approximate surface area is 62.6 Å². The molecule has 0 amide bonds. The lowest BCUT2D eigenvalue weighted by Gasteiger charge is -1.82. The lowest BCUT2D eigenvalue weighted by molar-refractivity contribution is 0.112. The smallest absolute Gasteiger partial charge is 0.160 e. The van der Waals surface area contributed by atoms with E-state index in [1.54, 1.807) is 6.20 Å². The first-order valence-corrected chi connectivity index (χ1v) is 3.30.